The minimum atomic E-state index is -0.567. The fourth-order valence-corrected chi connectivity index (χ4v) is 3.34. The summed E-state index contributed by atoms with van der Waals surface area (Å²) in [5.41, 5.74) is 1.78. The van der Waals surface area contributed by atoms with Crippen LogP contribution < -0.4 is 14.8 Å². The van der Waals surface area contributed by atoms with Gasteiger partial charge < -0.3 is 19.5 Å². The lowest BCUT2D eigenvalue weighted by atomic mass is 10.1. The number of anilines is 1. The zero-order valence-corrected chi connectivity index (χ0v) is 19.3. The first-order valence-electron chi connectivity index (χ1n) is 8.55. The van der Waals surface area contributed by atoms with Crippen LogP contribution in [0, 0.1) is 21.8 Å². The van der Waals surface area contributed by atoms with Gasteiger partial charge in [0.2, 0.25) is 0 Å². The van der Waals surface area contributed by atoms with Gasteiger partial charge >= 0.3 is 5.97 Å². The van der Waals surface area contributed by atoms with Gasteiger partial charge in [-0.1, -0.05) is 17.7 Å². The Kier molecular flexibility index (Phi) is 8.50. The van der Waals surface area contributed by atoms with Gasteiger partial charge in [-0.25, -0.2) is 4.79 Å². The van der Waals surface area contributed by atoms with Crippen molar-refractivity contribution in [3.05, 3.63) is 55.6 Å². The number of esters is 1. The van der Waals surface area contributed by atoms with Crippen molar-refractivity contribution in [3.63, 3.8) is 0 Å². The summed E-state index contributed by atoms with van der Waals surface area (Å²) in [4.78, 5) is 23.9. The average molecular weight is 541 g/mol. The van der Waals surface area contributed by atoms with Crippen molar-refractivity contribution in [1.82, 2.24) is 0 Å². The monoisotopic (exact) mass is 540 g/mol. The van der Waals surface area contributed by atoms with Gasteiger partial charge in [0.1, 0.15) is 11.6 Å². The van der Waals surface area contributed by atoms with E-state index >= 15 is 0 Å². The topological polar surface area (TPSA) is 97.7 Å². The molecular weight excluding hydrogens is 523 g/mol. The van der Waals surface area contributed by atoms with E-state index in [-0.39, 0.29) is 12.2 Å². The van der Waals surface area contributed by atoms with E-state index in [9.17, 15) is 14.9 Å². The molecule has 0 aliphatic rings. The predicted octanol–water partition coefficient (Wildman–Crippen LogP) is 4.36. The second-order valence-corrected chi connectivity index (χ2v) is 7.58. The first-order chi connectivity index (χ1) is 14.3. The third-order valence-corrected chi connectivity index (χ3v) is 4.97. The largest absolute Gasteiger partial charge is 0.493 e. The Morgan fingerprint density at radius 2 is 2.00 bits per heavy atom. The molecule has 2 aromatic rings. The number of carbonyl (C=O) groups is 2. The van der Waals surface area contributed by atoms with Crippen LogP contribution in [0.4, 0.5) is 5.69 Å². The number of halogens is 2. The molecule has 7 nitrogen and oxygen atoms in total. The van der Waals surface area contributed by atoms with Crippen LogP contribution in [0.25, 0.3) is 6.08 Å². The number of carbonyl (C=O) groups excluding carboxylic acids is 2. The van der Waals surface area contributed by atoms with Crippen LogP contribution in [0.5, 0.6) is 11.5 Å². The molecule has 0 aliphatic heterocycles. The fourth-order valence-electron chi connectivity index (χ4n) is 2.39. The van der Waals surface area contributed by atoms with E-state index in [0.717, 1.165) is 5.56 Å². The molecule has 0 aromatic heterocycles. The first kappa shape index (κ1) is 23.5. The lowest BCUT2D eigenvalue weighted by molar-refractivity contribution is -0.142. The molecule has 0 aliphatic carbocycles. The normalized spacial score (nSPS) is 10.7. The summed E-state index contributed by atoms with van der Waals surface area (Å²) >= 11 is 7.99. The van der Waals surface area contributed by atoms with Crippen LogP contribution in [-0.2, 0) is 14.3 Å². The number of nitriles is 1. The summed E-state index contributed by atoms with van der Waals surface area (Å²) in [5.74, 6) is -0.391. The number of ether oxygens (including phenoxy) is 3. The number of methoxy groups -OCH3 is 2. The van der Waals surface area contributed by atoms with Gasteiger partial charge in [-0.2, -0.15) is 5.26 Å². The zero-order chi connectivity index (χ0) is 22.3. The van der Waals surface area contributed by atoms with E-state index in [4.69, 9.17) is 21.1 Å². The van der Waals surface area contributed by atoms with Crippen molar-refractivity contribution in [3.8, 4) is 17.6 Å². The summed E-state index contributed by atoms with van der Waals surface area (Å²) < 4.78 is 16.0. The Balaban J connectivity index is 2.31. The molecule has 0 spiro atoms. The zero-order valence-electron chi connectivity index (χ0n) is 16.4. The SMILES string of the molecule is COC(=O)COc1c(I)cc(/C=C(\C#N)C(=O)Nc2cc(Cl)ccc2C)cc1OC. The number of hydrogen-bond donors (Lipinski definition) is 1. The number of benzene rings is 2. The summed E-state index contributed by atoms with van der Waals surface area (Å²) in [6.45, 7) is 1.55. The number of rotatable bonds is 7. The minimum absolute atomic E-state index is 0.101. The average Bonchev–Trinajstić information content (AvgIpc) is 2.72. The fraction of sp³-hybridized carbons (Fsp3) is 0.190. The molecule has 9 heteroatoms. The van der Waals surface area contributed by atoms with Crippen molar-refractivity contribution in [2.45, 2.75) is 6.92 Å². The summed E-state index contributed by atoms with van der Waals surface area (Å²) in [6.07, 6.45) is 1.43. The number of amides is 1. The molecule has 2 rings (SSSR count). The van der Waals surface area contributed by atoms with Crippen molar-refractivity contribution in [1.29, 1.82) is 5.26 Å². The van der Waals surface area contributed by atoms with Crippen LogP contribution >= 0.6 is 34.2 Å². The maximum Gasteiger partial charge on any atom is 0.343 e. The Morgan fingerprint density at radius 3 is 2.63 bits per heavy atom. The quantitative estimate of drug-likeness (QED) is 0.243. The lowest BCUT2D eigenvalue weighted by Gasteiger charge is -2.13. The van der Waals surface area contributed by atoms with E-state index in [1.807, 2.05) is 35.6 Å². The van der Waals surface area contributed by atoms with Crippen molar-refractivity contribution < 1.29 is 23.8 Å². The second kappa shape index (κ2) is 10.8. The van der Waals surface area contributed by atoms with Crippen LogP contribution in [0.2, 0.25) is 5.02 Å². The molecule has 0 atom stereocenters. The highest BCUT2D eigenvalue weighted by molar-refractivity contribution is 14.1. The van der Waals surface area contributed by atoms with Gasteiger partial charge in [0.05, 0.1) is 17.8 Å². The molecule has 0 fully saturated rings. The highest BCUT2D eigenvalue weighted by Gasteiger charge is 2.16. The molecule has 156 valence electrons. The van der Waals surface area contributed by atoms with Gasteiger partial charge in [-0.3, -0.25) is 4.79 Å². The van der Waals surface area contributed by atoms with E-state index in [0.29, 0.717) is 31.3 Å². The molecule has 30 heavy (non-hydrogen) atoms. The smallest absolute Gasteiger partial charge is 0.343 e. The van der Waals surface area contributed by atoms with Gasteiger partial charge in [-0.05, 0) is 71.0 Å². The lowest BCUT2D eigenvalue weighted by Crippen LogP contribution is -2.14. The highest BCUT2D eigenvalue weighted by Crippen LogP contribution is 2.34. The maximum atomic E-state index is 12.6. The minimum Gasteiger partial charge on any atom is -0.493 e. The Morgan fingerprint density at radius 1 is 1.27 bits per heavy atom. The molecule has 1 amide bonds. The van der Waals surface area contributed by atoms with Crippen LogP contribution in [0.15, 0.2) is 35.9 Å². The van der Waals surface area contributed by atoms with Gasteiger partial charge in [-0.15, -0.1) is 0 Å². The van der Waals surface area contributed by atoms with E-state index in [1.165, 1.54) is 20.3 Å². The number of aryl methyl sites for hydroxylation is 1. The molecule has 0 bridgehead atoms. The molecular formula is C21H18ClIN2O5. The highest BCUT2D eigenvalue weighted by atomic mass is 127. The number of nitrogens with one attached hydrogen (secondary N) is 1. The van der Waals surface area contributed by atoms with Gasteiger partial charge in [0.15, 0.2) is 18.1 Å². The van der Waals surface area contributed by atoms with Gasteiger partial charge in [0, 0.05) is 10.7 Å². The second-order valence-electron chi connectivity index (χ2n) is 5.98. The molecule has 0 heterocycles. The van der Waals surface area contributed by atoms with E-state index in [2.05, 4.69) is 10.1 Å². The summed E-state index contributed by atoms with van der Waals surface area (Å²) in [5, 5.41) is 12.6. The van der Waals surface area contributed by atoms with Crippen molar-refractivity contribution >= 4 is 57.8 Å². The third kappa shape index (κ3) is 6.11. The van der Waals surface area contributed by atoms with E-state index < -0.39 is 11.9 Å². The molecule has 0 radical (unpaired) electrons. The standard InChI is InChI=1S/C21H18ClIN2O5/c1-12-4-5-15(22)9-17(12)25-21(27)14(10-24)6-13-7-16(23)20(18(8-13)28-2)30-11-19(26)29-3/h4-9H,11H2,1-3H3,(H,25,27)/b14-6+. The molecule has 0 saturated carbocycles. The van der Waals surface area contributed by atoms with E-state index in [1.54, 1.807) is 30.3 Å². The predicted molar refractivity (Wildman–Crippen MR) is 122 cm³/mol. The maximum absolute atomic E-state index is 12.6. The molecule has 1 N–H and O–H groups in total. The molecule has 2 aromatic carbocycles. The van der Waals surface area contributed by atoms with Crippen molar-refractivity contribution in [2.24, 2.45) is 0 Å². The van der Waals surface area contributed by atoms with Crippen molar-refractivity contribution in [2.75, 3.05) is 26.1 Å². The molecule has 0 unspecified atom stereocenters. The third-order valence-electron chi connectivity index (χ3n) is 3.94. The number of nitrogens with zero attached hydrogens (tertiary/aromatic N) is 1. The number of hydrogen-bond acceptors (Lipinski definition) is 6. The van der Waals surface area contributed by atoms with Crippen LogP contribution in [0.3, 0.4) is 0 Å². The Labute approximate surface area is 192 Å². The molecule has 0 saturated heterocycles. The van der Waals surface area contributed by atoms with Crippen LogP contribution in [-0.4, -0.2) is 32.7 Å². The summed E-state index contributed by atoms with van der Waals surface area (Å²) in [7, 11) is 2.71. The Bertz CT molecular complexity index is 1050. The van der Waals surface area contributed by atoms with Gasteiger partial charge in [0.25, 0.3) is 5.91 Å². The summed E-state index contributed by atoms with van der Waals surface area (Å²) in [6, 6.07) is 10.3. The van der Waals surface area contributed by atoms with Crippen LogP contribution in [0.1, 0.15) is 11.1 Å². The first-order valence-corrected chi connectivity index (χ1v) is 10.0. The Hall–Kier alpha value is -2.77.